The molecule has 0 aromatic heterocycles. The number of hydrogen-bond acceptors (Lipinski definition) is 2. The van der Waals surface area contributed by atoms with Crippen molar-refractivity contribution < 1.29 is 5.21 Å². The van der Waals surface area contributed by atoms with Gasteiger partial charge in [-0.15, -0.1) is 0 Å². The van der Waals surface area contributed by atoms with Crippen LogP contribution in [-0.4, -0.2) is 5.21 Å². The van der Waals surface area contributed by atoms with E-state index in [1.54, 1.807) is 0 Å². The molecule has 2 unspecified atom stereocenters. The average molecular weight is 163 g/mol. The zero-order valence-corrected chi connectivity index (χ0v) is 7.12. The topological polar surface area (TPSA) is 32.3 Å². The Morgan fingerprint density at radius 3 is 2.67 bits per heavy atom. The van der Waals surface area contributed by atoms with Crippen LogP contribution in [0.4, 0.5) is 0 Å². The van der Waals surface area contributed by atoms with Crippen molar-refractivity contribution in [2.75, 3.05) is 0 Å². The summed E-state index contributed by atoms with van der Waals surface area (Å²) in [5.41, 5.74) is 4.96. The van der Waals surface area contributed by atoms with Crippen LogP contribution >= 0.6 is 0 Å². The van der Waals surface area contributed by atoms with Crippen LogP contribution in [0.1, 0.15) is 36.4 Å². The van der Waals surface area contributed by atoms with Gasteiger partial charge in [0.25, 0.3) is 0 Å². The van der Waals surface area contributed by atoms with Crippen LogP contribution in [0.2, 0.25) is 0 Å². The van der Waals surface area contributed by atoms with Crippen molar-refractivity contribution in [1.82, 2.24) is 5.48 Å². The summed E-state index contributed by atoms with van der Waals surface area (Å²) in [6, 6.07) is 8.41. The molecule has 2 rings (SSSR count). The Hall–Kier alpha value is -0.860. The number of rotatable bonds is 1. The first-order valence-electron chi connectivity index (χ1n) is 4.31. The molecule has 0 heterocycles. The summed E-state index contributed by atoms with van der Waals surface area (Å²) in [4.78, 5) is 0. The lowest BCUT2D eigenvalue weighted by molar-refractivity contribution is 0.124. The second-order valence-electron chi connectivity index (χ2n) is 3.45. The molecule has 1 aliphatic rings. The first-order valence-corrected chi connectivity index (χ1v) is 4.31. The minimum atomic E-state index is 0.135. The molecule has 2 heteroatoms. The van der Waals surface area contributed by atoms with Gasteiger partial charge >= 0.3 is 0 Å². The molecule has 2 nitrogen and oxygen atoms in total. The number of hydroxylamine groups is 1. The summed E-state index contributed by atoms with van der Waals surface area (Å²) in [5.74, 6) is 0.561. The lowest BCUT2D eigenvalue weighted by Crippen LogP contribution is -2.13. The molecule has 0 bridgehead atoms. The van der Waals surface area contributed by atoms with Crippen molar-refractivity contribution in [3.05, 3.63) is 35.4 Å². The molecule has 64 valence electrons. The zero-order valence-electron chi connectivity index (χ0n) is 7.12. The van der Waals surface area contributed by atoms with Crippen molar-refractivity contribution in [1.29, 1.82) is 0 Å². The van der Waals surface area contributed by atoms with Gasteiger partial charge in [-0.1, -0.05) is 31.2 Å². The number of fused-ring (bicyclic) bond motifs is 1. The molecule has 2 N–H and O–H groups in total. The summed E-state index contributed by atoms with van der Waals surface area (Å²) in [6.45, 7) is 2.19. The standard InChI is InChI=1S/C10H13NO/c1-7-6-10(11-12)9-5-3-2-4-8(7)9/h2-5,7,10-12H,6H2,1H3. The van der Waals surface area contributed by atoms with Crippen LogP contribution in [0.5, 0.6) is 0 Å². The van der Waals surface area contributed by atoms with Crippen molar-refractivity contribution in [3.63, 3.8) is 0 Å². The first kappa shape index (κ1) is 7.77. The average Bonchev–Trinajstić information content (AvgIpc) is 2.44. The van der Waals surface area contributed by atoms with Crippen molar-refractivity contribution in [2.45, 2.75) is 25.3 Å². The van der Waals surface area contributed by atoms with Crippen LogP contribution in [0.15, 0.2) is 24.3 Å². The fraction of sp³-hybridized carbons (Fsp3) is 0.400. The lowest BCUT2D eigenvalue weighted by atomic mass is 10.0. The summed E-state index contributed by atoms with van der Waals surface area (Å²) >= 11 is 0. The number of benzene rings is 1. The van der Waals surface area contributed by atoms with Gasteiger partial charge in [0, 0.05) is 0 Å². The van der Waals surface area contributed by atoms with Gasteiger partial charge in [-0.25, -0.2) is 0 Å². The summed E-state index contributed by atoms with van der Waals surface area (Å²) < 4.78 is 0. The van der Waals surface area contributed by atoms with Crippen LogP contribution in [0.25, 0.3) is 0 Å². The molecule has 12 heavy (non-hydrogen) atoms. The Kier molecular flexibility index (Phi) is 1.87. The minimum Gasteiger partial charge on any atom is -0.316 e. The Labute approximate surface area is 72.2 Å². The maximum Gasteiger partial charge on any atom is 0.0577 e. The summed E-state index contributed by atoms with van der Waals surface area (Å²) in [6.07, 6.45) is 0.996. The van der Waals surface area contributed by atoms with E-state index < -0.39 is 0 Å². The van der Waals surface area contributed by atoms with Crippen LogP contribution in [0.3, 0.4) is 0 Å². The minimum absolute atomic E-state index is 0.135. The maximum absolute atomic E-state index is 8.88. The predicted molar refractivity (Wildman–Crippen MR) is 47.1 cm³/mol. The van der Waals surface area contributed by atoms with Gasteiger partial charge in [0.05, 0.1) is 6.04 Å². The molecule has 1 aliphatic carbocycles. The van der Waals surface area contributed by atoms with Crippen molar-refractivity contribution >= 4 is 0 Å². The highest BCUT2D eigenvalue weighted by molar-refractivity contribution is 5.37. The van der Waals surface area contributed by atoms with E-state index in [-0.39, 0.29) is 6.04 Å². The fourth-order valence-electron chi connectivity index (χ4n) is 2.01. The molecular weight excluding hydrogens is 150 g/mol. The summed E-state index contributed by atoms with van der Waals surface area (Å²) in [5, 5.41) is 8.88. The molecule has 0 aliphatic heterocycles. The summed E-state index contributed by atoms with van der Waals surface area (Å²) in [7, 11) is 0. The number of nitrogens with one attached hydrogen (secondary N) is 1. The van der Waals surface area contributed by atoms with Gasteiger partial charge in [0.15, 0.2) is 0 Å². The first-order chi connectivity index (χ1) is 5.83. The molecule has 1 aromatic rings. The van der Waals surface area contributed by atoms with Gasteiger partial charge in [-0.3, -0.25) is 0 Å². The second kappa shape index (κ2) is 2.88. The smallest absolute Gasteiger partial charge is 0.0577 e. The van der Waals surface area contributed by atoms with Crippen molar-refractivity contribution in [3.8, 4) is 0 Å². The fourth-order valence-corrected chi connectivity index (χ4v) is 2.01. The largest absolute Gasteiger partial charge is 0.316 e. The van der Waals surface area contributed by atoms with Gasteiger partial charge in [0.2, 0.25) is 0 Å². The number of hydrogen-bond donors (Lipinski definition) is 2. The highest BCUT2D eigenvalue weighted by Gasteiger charge is 2.26. The normalized spacial score (nSPS) is 27.2. The molecule has 2 atom stereocenters. The Morgan fingerprint density at radius 1 is 1.33 bits per heavy atom. The van der Waals surface area contributed by atoms with Crippen LogP contribution in [-0.2, 0) is 0 Å². The van der Waals surface area contributed by atoms with Gasteiger partial charge in [-0.2, -0.15) is 5.48 Å². The molecule has 0 fully saturated rings. The molecule has 0 spiro atoms. The Bertz CT molecular complexity index is 285. The van der Waals surface area contributed by atoms with E-state index in [1.807, 2.05) is 6.07 Å². The van der Waals surface area contributed by atoms with E-state index in [2.05, 4.69) is 30.6 Å². The highest BCUT2D eigenvalue weighted by atomic mass is 16.5. The van der Waals surface area contributed by atoms with Gasteiger partial charge in [-0.05, 0) is 23.5 Å². The van der Waals surface area contributed by atoms with Gasteiger partial charge in [0.1, 0.15) is 0 Å². The van der Waals surface area contributed by atoms with E-state index in [9.17, 15) is 0 Å². The van der Waals surface area contributed by atoms with E-state index in [1.165, 1.54) is 11.1 Å². The third kappa shape index (κ3) is 1.04. The van der Waals surface area contributed by atoms with E-state index in [0.717, 1.165) is 6.42 Å². The van der Waals surface area contributed by atoms with E-state index >= 15 is 0 Å². The quantitative estimate of drug-likeness (QED) is 0.622. The molecular formula is C10H13NO. The molecule has 0 saturated heterocycles. The molecule has 1 aromatic carbocycles. The SMILES string of the molecule is CC1CC(NO)c2ccccc21. The monoisotopic (exact) mass is 163 g/mol. The molecule has 0 radical (unpaired) electrons. The zero-order chi connectivity index (χ0) is 8.55. The second-order valence-corrected chi connectivity index (χ2v) is 3.45. The van der Waals surface area contributed by atoms with Crippen LogP contribution < -0.4 is 5.48 Å². The Balaban J connectivity index is 2.43. The molecule has 0 saturated carbocycles. The Morgan fingerprint density at radius 2 is 2.00 bits per heavy atom. The van der Waals surface area contributed by atoms with Gasteiger partial charge < -0.3 is 5.21 Å². The molecule has 0 amide bonds. The van der Waals surface area contributed by atoms with Crippen molar-refractivity contribution in [2.24, 2.45) is 0 Å². The third-order valence-electron chi connectivity index (χ3n) is 2.65. The maximum atomic E-state index is 8.88. The van der Waals surface area contributed by atoms with E-state index in [0.29, 0.717) is 5.92 Å². The highest BCUT2D eigenvalue weighted by Crippen LogP contribution is 2.39. The van der Waals surface area contributed by atoms with Crippen LogP contribution in [0, 0.1) is 0 Å². The third-order valence-corrected chi connectivity index (χ3v) is 2.65. The van der Waals surface area contributed by atoms with E-state index in [4.69, 9.17) is 5.21 Å². The predicted octanol–water partition coefficient (Wildman–Crippen LogP) is 2.21. The lowest BCUT2D eigenvalue weighted by Gasteiger charge is -2.07.